The van der Waals surface area contributed by atoms with E-state index in [-0.39, 0.29) is 17.9 Å². The first-order chi connectivity index (χ1) is 9.15. The van der Waals surface area contributed by atoms with Crippen molar-refractivity contribution in [1.82, 2.24) is 0 Å². The summed E-state index contributed by atoms with van der Waals surface area (Å²) < 4.78 is 0. The minimum atomic E-state index is -0.401. The van der Waals surface area contributed by atoms with E-state index < -0.39 is 4.92 Å². The Morgan fingerprint density at radius 1 is 1.21 bits per heavy atom. The Morgan fingerprint density at radius 3 is 2.79 bits per heavy atom. The van der Waals surface area contributed by atoms with E-state index in [9.17, 15) is 14.9 Å². The summed E-state index contributed by atoms with van der Waals surface area (Å²) in [4.78, 5) is 24.3. The Labute approximate surface area is 113 Å². The zero-order valence-electron chi connectivity index (χ0n) is 9.83. The number of carbonyl (C=O) groups excluding carboxylic acids is 1. The lowest BCUT2D eigenvalue weighted by molar-refractivity contribution is -0.427. The van der Waals surface area contributed by atoms with Crippen LogP contribution in [0, 0.1) is 10.1 Å². The topological polar surface area (TPSA) is 60.2 Å². The van der Waals surface area contributed by atoms with Gasteiger partial charge in [0.1, 0.15) is 0 Å². The summed E-state index contributed by atoms with van der Waals surface area (Å²) in [7, 11) is 0. The molecule has 1 aliphatic carbocycles. The molecule has 0 bridgehead atoms. The maximum absolute atomic E-state index is 12.1. The van der Waals surface area contributed by atoms with Gasteiger partial charge in [-0.25, -0.2) is 0 Å². The van der Waals surface area contributed by atoms with Gasteiger partial charge in [-0.15, -0.1) is 0 Å². The largest absolute Gasteiger partial charge is 0.289 e. The van der Waals surface area contributed by atoms with Crippen molar-refractivity contribution in [3.8, 4) is 0 Å². The minimum absolute atomic E-state index is 0.0916. The fraction of sp³-hybridized carbons (Fsp3) is 0.0714. The number of rotatable bonds is 1. The summed E-state index contributed by atoms with van der Waals surface area (Å²) >= 11 is 1.48. The summed E-state index contributed by atoms with van der Waals surface area (Å²) in [5, 5.41) is 10.8. The average Bonchev–Trinajstić information content (AvgIpc) is 2.54. The number of ketones is 1. The number of thioether (sulfide) groups is 1. The molecule has 0 saturated carbocycles. The van der Waals surface area contributed by atoms with Gasteiger partial charge >= 0.3 is 0 Å². The van der Waals surface area contributed by atoms with Crippen molar-refractivity contribution in [3.63, 3.8) is 0 Å². The fourth-order valence-corrected chi connectivity index (χ4v) is 3.14. The smallest absolute Gasteiger partial charge is 0.250 e. The van der Waals surface area contributed by atoms with Crippen LogP contribution in [0.2, 0.25) is 0 Å². The molecule has 1 aromatic carbocycles. The van der Waals surface area contributed by atoms with Gasteiger partial charge in [0.05, 0.1) is 11.3 Å². The van der Waals surface area contributed by atoms with Gasteiger partial charge in [-0.05, 0) is 29.9 Å². The molecule has 0 fully saturated rings. The van der Waals surface area contributed by atoms with Crippen LogP contribution in [0.15, 0.2) is 63.6 Å². The first-order valence-corrected chi connectivity index (χ1v) is 6.54. The van der Waals surface area contributed by atoms with E-state index in [2.05, 4.69) is 0 Å². The van der Waals surface area contributed by atoms with Crippen molar-refractivity contribution in [1.29, 1.82) is 0 Å². The number of hydrogen-bond acceptors (Lipinski definition) is 4. The van der Waals surface area contributed by atoms with Crippen LogP contribution < -0.4 is 0 Å². The van der Waals surface area contributed by atoms with Gasteiger partial charge in [-0.1, -0.05) is 23.9 Å². The van der Waals surface area contributed by atoms with E-state index in [1.54, 1.807) is 12.1 Å². The highest BCUT2D eigenvalue weighted by Crippen LogP contribution is 2.41. The van der Waals surface area contributed by atoms with Gasteiger partial charge in [0.25, 0.3) is 5.70 Å². The van der Waals surface area contributed by atoms with Crippen LogP contribution in [0.25, 0.3) is 0 Å². The molecule has 5 heteroatoms. The van der Waals surface area contributed by atoms with Gasteiger partial charge in [-0.2, -0.15) is 0 Å². The normalized spacial score (nSPS) is 17.5. The molecule has 3 rings (SSSR count). The van der Waals surface area contributed by atoms with Gasteiger partial charge in [0.2, 0.25) is 0 Å². The van der Waals surface area contributed by atoms with Crippen molar-refractivity contribution in [2.45, 2.75) is 11.3 Å². The lowest BCUT2D eigenvalue weighted by Gasteiger charge is -2.11. The number of fused-ring (bicyclic) bond motifs is 2. The molecule has 0 aromatic heterocycles. The Balaban J connectivity index is 2.08. The van der Waals surface area contributed by atoms with Crippen molar-refractivity contribution >= 4 is 17.5 Å². The molecule has 94 valence electrons. The van der Waals surface area contributed by atoms with E-state index in [1.165, 1.54) is 23.9 Å². The van der Waals surface area contributed by atoms with Crippen LogP contribution in [0.4, 0.5) is 0 Å². The highest BCUT2D eigenvalue weighted by atomic mass is 32.2. The van der Waals surface area contributed by atoms with Crippen LogP contribution in [-0.4, -0.2) is 10.7 Å². The third-order valence-electron chi connectivity index (χ3n) is 3.03. The SMILES string of the molecule is O=C1C=C2CC([N+](=O)[O-])=CC=C2Sc2ccccc21. The second-order valence-electron chi connectivity index (χ2n) is 4.25. The lowest BCUT2D eigenvalue weighted by Crippen LogP contribution is -2.04. The van der Waals surface area contributed by atoms with Crippen LogP contribution in [0.1, 0.15) is 16.8 Å². The molecule has 1 heterocycles. The standard InChI is InChI=1S/C14H9NO3S/c16-12-8-9-7-10(15(17)18)5-6-13(9)19-14-4-2-1-3-11(12)14/h1-6,8H,7H2. The van der Waals surface area contributed by atoms with Crippen LogP contribution in [0.3, 0.4) is 0 Å². The van der Waals surface area contributed by atoms with Crippen molar-refractivity contribution in [2.24, 2.45) is 0 Å². The summed E-state index contributed by atoms with van der Waals surface area (Å²) in [6, 6.07) is 7.37. The zero-order valence-corrected chi connectivity index (χ0v) is 10.6. The van der Waals surface area contributed by atoms with E-state index >= 15 is 0 Å². The van der Waals surface area contributed by atoms with Gasteiger partial charge in [0.15, 0.2) is 5.78 Å². The molecule has 0 atom stereocenters. The minimum Gasteiger partial charge on any atom is -0.289 e. The Morgan fingerprint density at radius 2 is 2.00 bits per heavy atom. The van der Waals surface area contributed by atoms with Crippen molar-refractivity contribution in [3.05, 3.63) is 74.3 Å². The molecule has 0 N–H and O–H groups in total. The quantitative estimate of drug-likeness (QED) is 0.580. The third-order valence-corrected chi connectivity index (χ3v) is 4.22. The molecule has 0 radical (unpaired) electrons. The summed E-state index contributed by atoms with van der Waals surface area (Å²) in [6.45, 7) is 0. The Bertz CT molecular complexity index is 686. The molecule has 0 spiro atoms. The van der Waals surface area contributed by atoms with Gasteiger partial charge in [-0.3, -0.25) is 14.9 Å². The molecular formula is C14H9NO3S. The Hall–Kier alpha value is -2.14. The number of hydrogen-bond donors (Lipinski definition) is 0. The third kappa shape index (κ3) is 2.13. The van der Waals surface area contributed by atoms with E-state index in [1.807, 2.05) is 18.2 Å². The number of nitro groups is 1. The zero-order chi connectivity index (χ0) is 13.4. The molecule has 1 aliphatic heterocycles. The predicted molar refractivity (Wildman–Crippen MR) is 72.5 cm³/mol. The molecule has 0 saturated heterocycles. The van der Waals surface area contributed by atoms with Gasteiger partial charge < -0.3 is 0 Å². The molecule has 2 aliphatic rings. The molecular weight excluding hydrogens is 262 g/mol. The first-order valence-electron chi connectivity index (χ1n) is 5.72. The first kappa shape index (κ1) is 11.9. The van der Waals surface area contributed by atoms with Crippen LogP contribution in [-0.2, 0) is 0 Å². The second-order valence-corrected chi connectivity index (χ2v) is 5.34. The maximum atomic E-state index is 12.1. The summed E-state index contributed by atoms with van der Waals surface area (Å²) in [5.74, 6) is -0.0916. The summed E-state index contributed by atoms with van der Waals surface area (Å²) in [6.07, 6.45) is 4.94. The fourth-order valence-electron chi connectivity index (χ4n) is 2.08. The van der Waals surface area contributed by atoms with Crippen molar-refractivity contribution < 1.29 is 9.72 Å². The van der Waals surface area contributed by atoms with Gasteiger partial charge in [0, 0.05) is 21.4 Å². The molecule has 0 unspecified atom stereocenters. The summed E-state index contributed by atoms with van der Waals surface area (Å²) in [5.41, 5.74) is 1.49. The number of nitrogens with zero attached hydrogens (tertiary/aromatic N) is 1. The molecule has 1 aromatic rings. The monoisotopic (exact) mass is 271 g/mol. The molecule has 19 heavy (non-hydrogen) atoms. The highest BCUT2D eigenvalue weighted by molar-refractivity contribution is 8.03. The lowest BCUT2D eigenvalue weighted by atomic mass is 10.0. The molecule has 4 nitrogen and oxygen atoms in total. The van der Waals surface area contributed by atoms with E-state index in [0.717, 1.165) is 15.4 Å². The number of carbonyl (C=O) groups is 1. The van der Waals surface area contributed by atoms with Crippen molar-refractivity contribution in [2.75, 3.05) is 0 Å². The molecule has 0 amide bonds. The van der Waals surface area contributed by atoms with Crippen LogP contribution in [0.5, 0.6) is 0 Å². The maximum Gasteiger partial charge on any atom is 0.250 e. The average molecular weight is 271 g/mol. The predicted octanol–water partition coefficient (Wildman–Crippen LogP) is 3.35. The van der Waals surface area contributed by atoms with Crippen LogP contribution >= 0.6 is 11.8 Å². The highest BCUT2D eigenvalue weighted by Gasteiger charge is 2.25. The Kier molecular flexibility index (Phi) is 2.83. The van der Waals surface area contributed by atoms with E-state index in [0.29, 0.717) is 5.56 Å². The number of allylic oxidation sites excluding steroid dienone is 5. The number of benzene rings is 1. The second kappa shape index (κ2) is 4.51. The van der Waals surface area contributed by atoms with E-state index in [4.69, 9.17) is 0 Å².